The molecule has 12 heavy (non-hydrogen) atoms. The van der Waals surface area contributed by atoms with Crippen LogP contribution >= 0.6 is 0 Å². The van der Waals surface area contributed by atoms with Crippen molar-refractivity contribution in [1.29, 1.82) is 0 Å². The first kappa shape index (κ1) is 9.96. The summed E-state index contributed by atoms with van der Waals surface area (Å²) in [5.74, 6) is 0. The van der Waals surface area contributed by atoms with Gasteiger partial charge in [-0.1, -0.05) is 0 Å². The average Bonchev–Trinajstić information content (AvgIpc) is 2.35. The Kier molecular flexibility index (Phi) is 3.50. The number of nitrogens with one attached hydrogen (secondary N) is 2. The maximum Gasteiger partial charge on any atom is 0.0524 e. The van der Waals surface area contributed by atoms with Gasteiger partial charge in [0.05, 0.1) is 6.10 Å². The summed E-state index contributed by atoms with van der Waals surface area (Å²) in [6, 6.07) is 0. The molecule has 1 fully saturated rings. The first-order chi connectivity index (χ1) is 5.62. The molecule has 0 spiro atoms. The van der Waals surface area contributed by atoms with Gasteiger partial charge in [-0.15, -0.1) is 0 Å². The third kappa shape index (κ3) is 3.09. The highest BCUT2D eigenvalue weighted by Gasteiger charge is 2.27. The van der Waals surface area contributed by atoms with E-state index < -0.39 is 0 Å². The zero-order chi connectivity index (χ0) is 9.03. The fraction of sp³-hybridized carbons (Fsp3) is 1.00. The monoisotopic (exact) mass is 172 g/mol. The van der Waals surface area contributed by atoms with Crippen LogP contribution in [-0.2, 0) is 0 Å². The van der Waals surface area contributed by atoms with Gasteiger partial charge in [0.25, 0.3) is 0 Å². The first-order valence-corrected chi connectivity index (χ1v) is 4.76. The van der Waals surface area contributed by atoms with Gasteiger partial charge in [-0.3, -0.25) is 0 Å². The average molecular weight is 172 g/mol. The second-order valence-electron chi connectivity index (χ2n) is 4.05. The van der Waals surface area contributed by atoms with Gasteiger partial charge < -0.3 is 15.7 Å². The Morgan fingerprint density at radius 2 is 2.42 bits per heavy atom. The number of aliphatic hydroxyl groups excluding tert-OH is 1. The summed E-state index contributed by atoms with van der Waals surface area (Å²) in [7, 11) is 0. The van der Waals surface area contributed by atoms with Crippen LogP contribution in [0.1, 0.15) is 26.7 Å². The van der Waals surface area contributed by atoms with Crippen LogP contribution in [0.4, 0.5) is 0 Å². The second kappa shape index (κ2) is 4.21. The summed E-state index contributed by atoms with van der Waals surface area (Å²) in [6.45, 7) is 7.13. The van der Waals surface area contributed by atoms with Crippen molar-refractivity contribution < 1.29 is 5.11 Å². The quantitative estimate of drug-likeness (QED) is 0.563. The van der Waals surface area contributed by atoms with E-state index in [1.807, 2.05) is 6.92 Å². The molecule has 3 nitrogen and oxygen atoms in total. The number of hydrogen-bond acceptors (Lipinski definition) is 3. The molecule has 0 aliphatic carbocycles. The van der Waals surface area contributed by atoms with Gasteiger partial charge >= 0.3 is 0 Å². The maximum atomic E-state index is 9.05. The molecule has 2 atom stereocenters. The molecule has 1 aliphatic heterocycles. The minimum Gasteiger partial charge on any atom is -0.393 e. The summed E-state index contributed by atoms with van der Waals surface area (Å²) in [5.41, 5.74) is 0.259. The van der Waals surface area contributed by atoms with Crippen LogP contribution in [0.2, 0.25) is 0 Å². The highest BCUT2D eigenvalue weighted by atomic mass is 16.3. The van der Waals surface area contributed by atoms with Crippen LogP contribution in [0.5, 0.6) is 0 Å². The number of rotatable bonds is 4. The predicted octanol–water partition coefficient (Wildman–Crippen LogP) is 0.0989. The van der Waals surface area contributed by atoms with Crippen LogP contribution in [0, 0.1) is 0 Å². The van der Waals surface area contributed by atoms with Crippen molar-refractivity contribution in [3.05, 3.63) is 0 Å². The van der Waals surface area contributed by atoms with Gasteiger partial charge in [0, 0.05) is 12.1 Å². The van der Waals surface area contributed by atoms with Crippen molar-refractivity contribution in [3.8, 4) is 0 Å². The van der Waals surface area contributed by atoms with Crippen LogP contribution < -0.4 is 10.6 Å². The molecule has 0 aromatic rings. The normalized spacial score (nSPS) is 32.2. The molecule has 0 aromatic heterocycles. The highest BCUT2D eigenvalue weighted by Crippen LogP contribution is 2.12. The van der Waals surface area contributed by atoms with E-state index in [0.717, 1.165) is 26.1 Å². The molecule has 0 saturated carbocycles. The minimum atomic E-state index is -0.185. The Morgan fingerprint density at radius 3 is 2.92 bits per heavy atom. The molecule has 1 saturated heterocycles. The zero-order valence-corrected chi connectivity index (χ0v) is 8.06. The molecule has 0 radical (unpaired) electrons. The summed E-state index contributed by atoms with van der Waals surface area (Å²) >= 11 is 0. The largest absolute Gasteiger partial charge is 0.393 e. The van der Waals surface area contributed by atoms with Crippen LogP contribution in [0.3, 0.4) is 0 Å². The summed E-state index contributed by atoms with van der Waals surface area (Å²) in [4.78, 5) is 0. The molecule has 0 amide bonds. The number of hydrogen-bond donors (Lipinski definition) is 3. The second-order valence-corrected chi connectivity index (χ2v) is 4.05. The molecule has 1 aliphatic rings. The topological polar surface area (TPSA) is 44.3 Å². The van der Waals surface area contributed by atoms with E-state index in [2.05, 4.69) is 17.6 Å². The van der Waals surface area contributed by atoms with Crippen molar-refractivity contribution in [1.82, 2.24) is 10.6 Å². The fourth-order valence-electron chi connectivity index (χ4n) is 1.55. The Morgan fingerprint density at radius 1 is 1.67 bits per heavy atom. The van der Waals surface area contributed by atoms with Gasteiger partial charge in [-0.05, 0) is 39.8 Å². The molecule has 0 aromatic carbocycles. The zero-order valence-electron chi connectivity index (χ0n) is 8.06. The van der Waals surface area contributed by atoms with E-state index in [0.29, 0.717) is 0 Å². The summed E-state index contributed by atoms with van der Waals surface area (Å²) in [5, 5.41) is 15.8. The Balaban J connectivity index is 2.13. The lowest BCUT2D eigenvalue weighted by Crippen LogP contribution is -2.45. The Labute approximate surface area is 74.5 Å². The van der Waals surface area contributed by atoms with Crippen molar-refractivity contribution in [2.75, 3.05) is 19.6 Å². The molecule has 3 N–H and O–H groups in total. The molecule has 1 heterocycles. The van der Waals surface area contributed by atoms with E-state index in [4.69, 9.17) is 5.11 Å². The lowest BCUT2D eigenvalue weighted by molar-refractivity contribution is 0.179. The maximum absolute atomic E-state index is 9.05. The lowest BCUT2D eigenvalue weighted by Gasteiger charge is -2.24. The molecule has 2 unspecified atom stereocenters. The molecular formula is C9H20N2O. The minimum absolute atomic E-state index is 0.185. The Hall–Kier alpha value is -0.120. The fourth-order valence-corrected chi connectivity index (χ4v) is 1.55. The SMILES string of the molecule is CC(O)CCNC1(C)CCNC1. The third-order valence-corrected chi connectivity index (χ3v) is 2.48. The Bertz CT molecular complexity index is 130. The van der Waals surface area contributed by atoms with E-state index in [1.54, 1.807) is 0 Å². The molecule has 0 bridgehead atoms. The van der Waals surface area contributed by atoms with Gasteiger partial charge in [0.15, 0.2) is 0 Å². The van der Waals surface area contributed by atoms with E-state index in [-0.39, 0.29) is 11.6 Å². The molecule has 1 rings (SSSR count). The third-order valence-electron chi connectivity index (χ3n) is 2.48. The highest BCUT2D eigenvalue weighted by molar-refractivity contribution is 4.91. The smallest absolute Gasteiger partial charge is 0.0524 e. The van der Waals surface area contributed by atoms with Gasteiger partial charge in [-0.2, -0.15) is 0 Å². The molecule has 72 valence electrons. The van der Waals surface area contributed by atoms with Crippen molar-refractivity contribution in [2.24, 2.45) is 0 Å². The van der Waals surface area contributed by atoms with Gasteiger partial charge in [-0.25, -0.2) is 0 Å². The summed E-state index contributed by atoms with van der Waals surface area (Å²) < 4.78 is 0. The van der Waals surface area contributed by atoms with Crippen LogP contribution in [-0.4, -0.2) is 36.4 Å². The van der Waals surface area contributed by atoms with E-state index in [1.165, 1.54) is 6.42 Å². The lowest BCUT2D eigenvalue weighted by atomic mass is 10.0. The van der Waals surface area contributed by atoms with E-state index in [9.17, 15) is 0 Å². The van der Waals surface area contributed by atoms with Crippen molar-refractivity contribution in [2.45, 2.75) is 38.3 Å². The first-order valence-electron chi connectivity index (χ1n) is 4.76. The number of aliphatic hydroxyl groups is 1. The molecular weight excluding hydrogens is 152 g/mol. The van der Waals surface area contributed by atoms with Gasteiger partial charge in [0.2, 0.25) is 0 Å². The van der Waals surface area contributed by atoms with E-state index >= 15 is 0 Å². The van der Waals surface area contributed by atoms with Crippen LogP contribution in [0.15, 0.2) is 0 Å². The van der Waals surface area contributed by atoms with Crippen molar-refractivity contribution >= 4 is 0 Å². The van der Waals surface area contributed by atoms with Crippen molar-refractivity contribution in [3.63, 3.8) is 0 Å². The molecule has 3 heteroatoms. The predicted molar refractivity (Wildman–Crippen MR) is 50.2 cm³/mol. The standard InChI is InChI=1S/C9H20N2O/c1-8(12)3-5-11-9(2)4-6-10-7-9/h8,10-12H,3-7H2,1-2H3. The summed E-state index contributed by atoms with van der Waals surface area (Å²) in [6.07, 6.45) is 1.85. The van der Waals surface area contributed by atoms with Gasteiger partial charge in [0.1, 0.15) is 0 Å². The van der Waals surface area contributed by atoms with Crippen LogP contribution in [0.25, 0.3) is 0 Å².